The first kappa shape index (κ1) is 8.97. The number of nitrogens with one attached hydrogen (secondary N) is 2. The molecule has 0 aromatic heterocycles. The van der Waals surface area contributed by atoms with Crippen molar-refractivity contribution < 1.29 is 4.74 Å². The smallest absolute Gasteiger partial charge is 0.123 e. The number of rotatable bonds is 2. The van der Waals surface area contributed by atoms with Crippen LogP contribution in [0.15, 0.2) is 4.99 Å². The highest BCUT2D eigenvalue weighted by molar-refractivity contribution is 5.83. The topological polar surface area (TPSA) is 45.7 Å². The van der Waals surface area contributed by atoms with Gasteiger partial charge in [-0.1, -0.05) is 0 Å². The van der Waals surface area contributed by atoms with Gasteiger partial charge in [-0.25, -0.2) is 0 Å². The molecule has 4 nitrogen and oxygen atoms in total. The first-order valence-corrected chi connectivity index (χ1v) is 5.03. The maximum atomic E-state index is 5.28. The van der Waals surface area contributed by atoms with Crippen LogP contribution in [0.2, 0.25) is 0 Å². The van der Waals surface area contributed by atoms with Crippen LogP contribution in [0.5, 0.6) is 0 Å². The molecular weight excluding hydrogens is 166 g/mol. The van der Waals surface area contributed by atoms with Gasteiger partial charge in [-0.2, -0.15) is 0 Å². The fourth-order valence-corrected chi connectivity index (χ4v) is 1.74. The molecule has 74 valence electrons. The fraction of sp³-hybridized carbons (Fsp3) is 0.889. The van der Waals surface area contributed by atoms with E-state index in [1.54, 1.807) is 0 Å². The van der Waals surface area contributed by atoms with Crippen molar-refractivity contribution in [1.29, 1.82) is 0 Å². The number of ether oxygens (including phenoxy) is 1. The van der Waals surface area contributed by atoms with Crippen molar-refractivity contribution in [2.45, 2.75) is 18.9 Å². The molecule has 0 bridgehead atoms. The molecule has 1 saturated heterocycles. The van der Waals surface area contributed by atoms with Gasteiger partial charge < -0.3 is 15.4 Å². The predicted molar refractivity (Wildman–Crippen MR) is 52.1 cm³/mol. The molecule has 0 amide bonds. The van der Waals surface area contributed by atoms with Gasteiger partial charge in [-0.05, 0) is 19.4 Å². The lowest BCUT2D eigenvalue weighted by molar-refractivity contribution is 0.168. The molecule has 0 aliphatic carbocycles. The summed E-state index contributed by atoms with van der Waals surface area (Å²) in [7, 11) is 0. The Morgan fingerprint density at radius 1 is 1.62 bits per heavy atom. The highest BCUT2D eigenvalue weighted by atomic mass is 16.5. The van der Waals surface area contributed by atoms with Crippen molar-refractivity contribution in [2.75, 3.05) is 32.8 Å². The number of nitrogens with zero attached hydrogens (tertiary/aromatic N) is 1. The monoisotopic (exact) mass is 183 g/mol. The summed E-state index contributed by atoms with van der Waals surface area (Å²) in [6, 6.07) is 0.629. The molecule has 2 aliphatic rings. The lowest BCUT2D eigenvalue weighted by atomic mass is 10.2. The van der Waals surface area contributed by atoms with Gasteiger partial charge in [-0.15, -0.1) is 0 Å². The van der Waals surface area contributed by atoms with Crippen molar-refractivity contribution in [3.8, 4) is 0 Å². The zero-order valence-electron chi connectivity index (χ0n) is 7.88. The van der Waals surface area contributed by atoms with E-state index in [1.807, 2.05) is 0 Å². The minimum absolute atomic E-state index is 0.629. The third-order valence-corrected chi connectivity index (χ3v) is 2.49. The number of amidine groups is 1. The molecule has 0 spiro atoms. The van der Waals surface area contributed by atoms with Crippen molar-refractivity contribution in [3.63, 3.8) is 0 Å². The Morgan fingerprint density at radius 2 is 2.62 bits per heavy atom. The summed E-state index contributed by atoms with van der Waals surface area (Å²) in [5.74, 6) is 1.01. The van der Waals surface area contributed by atoms with E-state index in [1.165, 1.54) is 12.8 Å². The molecule has 0 aromatic carbocycles. The lowest BCUT2D eigenvalue weighted by Crippen LogP contribution is -2.40. The molecule has 2 N–H and O–H groups in total. The van der Waals surface area contributed by atoms with Crippen LogP contribution in [-0.2, 0) is 4.74 Å². The minimum Gasteiger partial charge on any atom is -0.372 e. The molecular formula is C9H17N3O. The van der Waals surface area contributed by atoms with E-state index in [-0.39, 0.29) is 0 Å². The second-order valence-electron chi connectivity index (χ2n) is 3.56. The van der Waals surface area contributed by atoms with Gasteiger partial charge in [0.15, 0.2) is 0 Å². The number of aliphatic imine (C=N–C) groups is 1. The average molecular weight is 183 g/mol. The number of hydrogen-bond donors (Lipinski definition) is 2. The third-order valence-electron chi connectivity index (χ3n) is 2.49. The molecule has 1 atom stereocenters. The molecule has 4 heteroatoms. The van der Waals surface area contributed by atoms with Gasteiger partial charge in [-0.3, -0.25) is 4.99 Å². The molecule has 13 heavy (non-hydrogen) atoms. The van der Waals surface area contributed by atoms with Gasteiger partial charge in [0.2, 0.25) is 0 Å². The van der Waals surface area contributed by atoms with Gasteiger partial charge >= 0.3 is 0 Å². The van der Waals surface area contributed by atoms with Crippen molar-refractivity contribution in [3.05, 3.63) is 0 Å². The van der Waals surface area contributed by atoms with Crippen LogP contribution < -0.4 is 10.6 Å². The van der Waals surface area contributed by atoms with Crippen LogP contribution in [0.1, 0.15) is 12.8 Å². The Hall–Kier alpha value is -0.610. The van der Waals surface area contributed by atoms with Crippen molar-refractivity contribution in [1.82, 2.24) is 10.6 Å². The number of hydrogen-bond acceptors (Lipinski definition) is 4. The van der Waals surface area contributed by atoms with Gasteiger partial charge in [0.1, 0.15) is 12.4 Å². The predicted octanol–water partition coefficient (Wildman–Crippen LogP) is -0.243. The van der Waals surface area contributed by atoms with Gasteiger partial charge in [0.25, 0.3) is 0 Å². The van der Waals surface area contributed by atoms with Crippen LogP contribution in [0.3, 0.4) is 0 Å². The van der Waals surface area contributed by atoms with E-state index in [0.717, 1.165) is 32.1 Å². The summed E-state index contributed by atoms with van der Waals surface area (Å²) in [6.45, 7) is 4.39. The summed E-state index contributed by atoms with van der Waals surface area (Å²) in [5, 5.41) is 6.76. The summed E-state index contributed by atoms with van der Waals surface area (Å²) in [5.41, 5.74) is 0. The zero-order valence-corrected chi connectivity index (χ0v) is 7.88. The summed E-state index contributed by atoms with van der Waals surface area (Å²) in [6.07, 6.45) is 2.58. The summed E-state index contributed by atoms with van der Waals surface area (Å²) in [4.78, 5) is 4.34. The normalized spacial score (nSPS) is 28.6. The average Bonchev–Trinajstić information content (AvgIpc) is 2.69. The van der Waals surface area contributed by atoms with E-state index in [2.05, 4.69) is 15.6 Å². The largest absolute Gasteiger partial charge is 0.372 e. The Labute approximate surface area is 78.8 Å². The molecule has 2 rings (SSSR count). The van der Waals surface area contributed by atoms with Gasteiger partial charge in [0, 0.05) is 12.6 Å². The van der Waals surface area contributed by atoms with E-state index >= 15 is 0 Å². The summed E-state index contributed by atoms with van der Waals surface area (Å²) < 4.78 is 5.28. The molecule has 1 unspecified atom stereocenters. The second kappa shape index (κ2) is 4.58. The fourth-order valence-electron chi connectivity index (χ4n) is 1.74. The van der Waals surface area contributed by atoms with E-state index in [4.69, 9.17) is 4.74 Å². The molecule has 2 heterocycles. The van der Waals surface area contributed by atoms with E-state index < -0.39 is 0 Å². The van der Waals surface area contributed by atoms with Gasteiger partial charge in [0.05, 0.1) is 13.2 Å². The van der Waals surface area contributed by atoms with E-state index in [9.17, 15) is 0 Å². The standard InChI is InChI=1S/C9H17N3O/c1-2-8(10-3-1)6-12-9-7-13-5-4-11-9/h8,10H,1-7H2,(H,11,12). The molecule has 0 aromatic rings. The highest BCUT2D eigenvalue weighted by Crippen LogP contribution is 2.03. The Morgan fingerprint density at radius 3 is 3.31 bits per heavy atom. The van der Waals surface area contributed by atoms with Crippen LogP contribution in [0.4, 0.5) is 0 Å². The second-order valence-corrected chi connectivity index (χ2v) is 3.56. The highest BCUT2D eigenvalue weighted by Gasteiger charge is 2.14. The van der Waals surface area contributed by atoms with Crippen LogP contribution in [-0.4, -0.2) is 44.7 Å². The quantitative estimate of drug-likeness (QED) is 0.621. The first-order chi connectivity index (χ1) is 6.45. The minimum atomic E-state index is 0.629. The molecule has 2 aliphatic heterocycles. The molecule has 0 saturated carbocycles. The zero-order chi connectivity index (χ0) is 8.93. The SMILES string of the molecule is C1CNC(CNC2=NCCOC2)C1. The Bertz CT molecular complexity index is 187. The van der Waals surface area contributed by atoms with Crippen LogP contribution >= 0.6 is 0 Å². The van der Waals surface area contributed by atoms with Crippen LogP contribution in [0.25, 0.3) is 0 Å². The third kappa shape index (κ3) is 2.67. The lowest BCUT2D eigenvalue weighted by Gasteiger charge is -2.17. The summed E-state index contributed by atoms with van der Waals surface area (Å²) >= 11 is 0. The van der Waals surface area contributed by atoms with Crippen LogP contribution in [0, 0.1) is 0 Å². The molecule has 0 radical (unpaired) electrons. The maximum Gasteiger partial charge on any atom is 0.123 e. The molecule has 1 fully saturated rings. The Kier molecular flexibility index (Phi) is 3.16. The van der Waals surface area contributed by atoms with E-state index in [0.29, 0.717) is 12.6 Å². The first-order valence-electron chi connectivity index (χ1n) is 5.03. The Balaban J connectivity index is 1.68. The maximum absolute atomic E-state index is 5.28. The van der Waals surface area contributed by atoms with Crippen molar-refractivity contribution in [2.24, 2.45) is 4.99 Å². The van der Waals surface area contributed by atoms with Crippen molar-refractivity contribution >= 4 is 5.84 Å².